The molecule has 0 spiro atoms. The second-order valence-corrected chi connectivity index (χ2v) is 18.5. The molecular formula is C49H57N13O10. The summed E-state index contributed by atoms with van der Waals surface area (Å²) >= 11 is 0. The minimum absolute atomic E-state index is 0.0218. The Morgan fingerprint density at radius 2 is 1.46 bits per heavy atom. The second kappa shape index (κ2) is 22.3. The first-order chi connectivity index (χ1) is 34.8. The number of allylic oxidation sites excluding steroid dienone is 1. The molecule has 3 N–H and O–H groups in total. The van der Waals surface area contributed by atoms with Crippen LogP contribution in [0.4, 0.5) is 4.79 Å². The van der Waals surface area contributed by atoms with E-state index in [2.05, 4.69) is 43.1 Å². The number of methoxy groups -OCH3 is 2. The lowest BCUT2D eigenvalue weighted by Gasteiger charge is -2.31. The Bertz CT molecular complexity index is 2820. The van der Waals surface area contributed by atoms with Crippen molar-refractivity contribution in [2.45, 2.75) is 83.8 Å². The summed E-state index contributed by atoms with van der Waals surface area (Å²) in [6.45, 7) is 8.40. The van der Waals surface area contributed by atoms with Crippen LogP contribution in [0.3, 0.4) is 0 Å². The molecule has 3 aromatic heterocycles. The number of H-pyrrole nitrogens is 1. The van der Waals surface area contributed by atoms with E-state index in [0.29, 0.717) is 50.2 Å². The van der Waals surface area contributed by atoms with Gasteiger partial charge in [0, 0.05) is 31.4 Å². The molecule has 6 atom stereocenters. The minimum atomic E-state index is -0.856. The van der Waals surface area contributed by atoms with Crippen molar-refractivity contribution >= 4 is 48.0 Å². The van der Waals surface area contributed by atoms with E-state index >= 15 is 0 Å². The number of hydrogen-bond donors (Lipinski definition) is 3. The number of nitrogens with zero attached hydrogens (tertiary/aromatic N) is 10. The second-order valence-electron chi connectivity index (χ2n) is 18.5. The number of aromatic nitrogens is 8. The van der Waals surface area contributed by atoms with E-state index in [9.17, 15) is 24.0 Å². The number of rotatable bonds is 20. The van der Waals surface area contributed by atoms with Crippen LogP contribution in [0.1, 0.15) is 92.7 Å². The molecular weight excluding hydrogens is 931 g/mol. The molecule has 6 heterocycles. The maximum atomic E-state index is 14.2. The topological polar surface area (TPSA) is 276 Å². The van der Waals surface area contributed by atoms with E-state index in [1.165, 1.54) is 20.4 Å². The third-order valence-corrected chi connectivity index (χ3v) is 13.3. The molecule has 0 aliphatic carbocycles. The Morgan fingerprint density at radius 3 is 2.10 bits per heavy atom. The number of alkyl carbamates (subject to hydrolysis) is 1. The first kappa shape index (κ1) is 50.3. The number of benzene rings is 2. The number of hydrogen-bond acceptors (Lipinski definition) is 17. The molecule has 5 aromatic rings. The smallest absolute Gasteiger partial charge is 0.407 e. The van der Waals surface area contributed by atoms with Gasteiger partial charge in [0.25, 0.3) is 6.47 Å². The Hall–Kier alpha value is -8.08. The van der Waals surface area contributed by atoms with Gasteiger partial charge in [-0.15, -0.1) is 10.2 Å². The molecule has 2 saturated heterocycles. The number of aliphatic imine (C=N–C) groups is 1. The van der Waals surface area contributed by atoms with Crippen molar-refractivity contribution < 1.29 is 48.0 Å². The largest absolute Gasteiger partial charge is 0.464 e. The van der Waals surface area contributed by atoms with Gasteiger partial charge in [-0.05, 0) is 52.5 Å². The summed E-state index contributed by atoms with van der Waals surface area (Å²) in [4.78, 5) is 90.2. The van der Waals surface area contributed by atoms with E-state index in [0.717, 1.165) is 39.2 Å². The van der Waals surface area contributed by atoms with Crippen molar-refractivity contribution in [3.05, 3.63) is 96.1 Å². The van der Waals surface area contributed by atoms with Gasteiger partial charge in [0.15, 0.2) is 5.69 Å². The molecule has 2 aromatic carbocycles. The fourth-order valence-electron chi connectivity index (χ4n) is 9.39. The molecule has 0 unspecified atom stereocenters. The molecule has 3 amide bonds. The molecule has 72 heavy (non-hydrogen) atoms. The number of carbonyl (C=O) groups is 5. The highest BCUT2D eigenvalue weighted by atomic mass is 17.2. The van der Waals surface area contributed by atoms with E-state index in [4.69, 9.17) is 39.4 Å². The van der Waals surface area contributed by atoms with Crippen LogP contribution in [0.25, 0.3) is 28.0 Å². The van der Waals surface area contributed by atoms with Crippen LogP contribution in [0.5, 0.6) is 0 Å². The lowest BCUT2D eigenvalue weighted by molar-refractivity contribution is -0.229. The predicted molar refractivity (Wildman–Crippen MR) is 257 cm³/mol. The van der Waals surface area contributed by atoms with Crippen LogP contribution in [0.15, 0.2) is 78.3 Å². The standard InChI is InChI=1S/C49H57N13O10/c1-28(2)38(25-71-72-26-50)46(64)60-22-37(61-20-35(55-57-61)24-70-27-63)17-43(60)45-52-19-40(53-45)33-13-11-31(12-14-33)30-7-9-32(10-8-30)34-15-39(51-18-34)42-16-36(62-23-41(56-58-62)48(66)68-5)21-59(42)47(65)44(29(3)4)54-49(67)69-6/h7-14,18-20,23,26-29,36-38,42-44,50H,15-17,21-22,24-25H2,1-6H3,(H,52,53)(H,54,67)/t36-,37-,38-,42-,43-,44-/m0/s1. The third-order valence-electron chi connectivity index (χ3n) is 13.3. The highest BCUT2D eigenvalue weighted by Gasteiger charge is 2.45. The van der Waals surface area contributed by atoms with Gasteiger partial charge in [0.2, 0.25) is 18.2 Å². The van der Waals surface area contributed by atoms with Gasteiger partial charge >= 0.3 is 12.1 Å². The van der Waals surface area contributed by atoms with Crippen LogP contribution in [0, 0.1) is 23.2 Å². The monoisotopic (exact) mass is 987 g/mol. The SMILES string of the molecule is COC(=O)N[C@H](C(=O)N1C[C@@H](n2cc(C(=O)OC)nn2)C[C@H]1C1=NC=C(c2ccc(-c3ccc(-c4cnc([C@@H]5C[C@H](n6cc(COC=O)nn6)CN5C(=O)[C@@H](COOC=N)C(C)C)[nH]4)cc3)cc2)C1)C(C)C. The number of imidazole rings is 1. The molecule has 3 aliphatic heterocycles. The number of likely N-dealkylation sites (tertiary alicyclic amines) is 2. The lowest BCUT2D eigenvalue weighted by atomic mass is 9.95. The zero-order valence-electron chi connectivity index (χ0n) is 40.7. The summed E-state index contributed by atoms with van der Waals surface area (Å²) in [6.07, 6.45) is 8.19. The van der Waals surface area contributed by atoms with Gasteiger partial charge in [0.05, 0.1) is 68.6 Å². The van der Waals surface area contributed by atoms with Gasteiger partial charge in [-0.1, -0.05) is 86.7 Å². The van der Waals surface area contributed by atoms with E-state index in [-0.39, 0.29) is 61.2 Å². The fraction of sp³-hybridized carbons (Fsp3) is 0.429. The predicted octanol–water partition coefficient (Wildman–Crippen LogP) is 5.14. The number of esters is 1. The summed E-state index contributed by atoms with van der Waals surface area (Å²) in [5, 5.41) is 26.4. The maximum Gasteiger partial charge on any atom is 0.407 e. The van der Waals surface area contributed by atoms with Crippen LogP contribution in [0.2, 0.25) is 0 Å². The van der Waals surface area contributed by atoms with Gasteiger partial charge in [-0.2, -0.15) is 4.89 Å². The zero-order chi connectivity index (χ0) is 51.1. The first-order valence-electron chi connectivity index (χ1n) is 23.5. The number of nitrogens with one attached hydrogen (secondary N) is 3. The first-order valence-corrected chi connectivity index (χ1v) is 23.5. The summed E-state index contributed by atoms with van der Waals surface area (Å²) < 4.78 is 17.8. The molecule has 0 radical (unpaired) electrons. The summed E-state index contributed by atoms with van der Waals surface area (Å²) in [6, 6.07) is 14.0. The zero-order valence-corrected chi connectivity index (χ0v) is 40.7. The number of aromatic amines is 1. The summed E-state index contributed by atoms with van der Waals surface area (Å²) in [5.74, 6) is -1.37. The Kier molecular flexibility index (Phi) is 15.6. The third kappa shape index (κ3) is 10.9. The Morgan fingerprint density at radius 1 is 0.819 bits per heavy atom. The van der Waals surface area contributed by atoms with E-state index in [1.807, 2.05) is 70.3 Å². The summed E-state index contributed by atoms with van der Waals surface area (Å²) in [7, 11) is 2.52. The van der Waals surface area contributed by atoms with E-state index in [1.54, 1.807) is 31.6 Å². The van der Waals surface area contributed by atoms with Crippen LogP contribution >= 0.6 is 0 Å². The molecule has 3 aliphatic rings. The lowest BCUT2D eigenvalue weighted by Crippen LogP contribution is -2.53. The minimum Gasteiger partial charge on any atom is -0.464 e. The van der Waals surface area contributed by atoms with Gasteiger partial charge in [-0.25, -0.2) is 23.9 Å². The van der Waals surface area contributed by atoms with Crippen molar-refractivity contribution in [1.29, 1.82) is 5.41 Å². The molecule has 8 rings (SSSR count). The Balaban J connectivity index is 0.952. The molecule has 2 fully saturated rings. The average molecular weight is 988 g/mol. The molecule has 23 nitrogen and oxygen atoms in total. The Labute approximate surface area is 414 Å². The molecule has 23 heteroatoms. The average Bonchev–Trinajstić information content (AvgIpc) is 4.25. The number of ether oxygens (including phenoxy) is 3. The van der Waals surface area contributed by atoms with Crippen molar-refractivity contribution in [3.8, 4) is 22.4 Å². The van der Waals surface area contributed by atoms with Crippen LogP contribution in [-0.2, 0) is 45.0 Å². The van der Waals surface area contributed by atoms with Crippen molar-refractivity contribution in [2.75, 3.05) is 33.9 Å². The van der Waals surface area contributed by atoms with Crippen LogP contribution in [-0.4, -0.2) is 138 Å². The molecule has 0 saturated carbocycles. The highest BCUT2D eigenvalue weighted by molar-refractivity contribution is 6.04. The molecule has 0 bridgehead atoms. The van der Waals surface area contributed by atoms with Gasteiger partial charge in [0.1, 0.15) is 30.8 Å². The van der Waals surface area contributed by atoms with Crippen LogP contribution < -0.4 is 5.32 Å². The quantitative estimate of drug-likeness (QED) is 0.0133. The molecule has 378 valence electrons. The van der Waals surface area contributed by atoms with Gasteiger partial charge in [-0.3, -0.25) is 24.8 Å². The number of carbonyl (C=O) groups excluding carboxylic acids is 5. The summed E-state index contributed by atoms with van der Waals surface area (Å²) in [5.41, 5.74) is 6.93. The van der Waals surface area contributed by atoms with Gasteiger partial charge < -0.3 is 39.2 Å². The fourth-order valence-corrected chi connectivity index (χ4v) is 9.39. The maximum absolute atomic E-state index is 14.2. The normalized spacial score (nSPS) is 19.4. The van der Waals surface area contributed by atoms with Crippen molar-refractivity contribution in [1.82, 2.24) is 55.1 Å². The number of amides is 3. The van der Waals surface area contributed by atoms with Crippen molar-refractivity contribution in [3.63, 3.8) is 0 Å². The highest BCUT2D eigenvalue weighted by Crippen LogP contribution is 2.40. The van der Waals surface area contributed by atoms with Crippen molar-refractivity contribution in [2.24, 2.45) is 22.7 Å². The van der Waals surface area contributed by atoms with E-state index < -0.39 is 36.1 Å².